The molecule has 2 rings (SSSR count). The van der Waals surface area contributed by atoms with Crippen molar-refractivity contribution in [3.63, 3.8) is 0 Å². The number of hydrazone groups is 1. The van der Waals surface area contributed by atoms with E-state index in [1.165, 1.54) is 30.3 Å². The van der Waals surface area contributed by atoms with Crippen LogP contribution in [-0.2, 0) is 0 Å². The Balaban J connectivity index is 2.30. The number of halogens is 2. The Hall–Kier alpha value is -2.64. The topological polar surface area (TPSA) is 105 Å². The minimum atomic E-state index is -1.09. The number of carbonyl (C=O) groups is 1. The molecule has 24 heavy (non-hydrogen) atoms. The van der Waals surface area contributed by atoms with Gasteiger partial charge in [0.05, 0.1) is 26.9 Å². The molecule has 124 valence electrons. The van der Waals surface area contributed by atoms with Crippen LogP contribution in [0.25, 0.3) is 0 Å². The number of rotatable bonds is 5. The average Bonchev–Trinajstić information content (AvgIpc) is 2.53. The van der Waals surface area contributed by atoms with Crippen LogP contribution < -0.4 is 5.43 Å². The first kappa shape index (κ1) is 17.7. The smallest absolute Gasteiger partial charge is 0.335 e. The highest BCUT2D eigenvalue weighted by atomic mass is 35.5. The first-order valence-corrected chi connectivity index (χ1v) is 7.32. The van der Waals surface area contributed by atoms with E-state index in [0.29, 0.717) is 22.0 Å². The molecule has 0 spiro atoms. The molecule has 0 radical (unpaired) electrons. The molecule has 0 amide bonds. The van der Waals surface area contributed by atoms with Gasteiger partial charge in [0.2, 0.25) is 0 Å². The van der Waals surface area contributed by atoms with Crippen LogP contribution in [0.3, 0.4) is 0 Å². The zero-order valence-electron chi connectivity index (χ0n) is 12.3. The van der Waals surface area contributed by atoms with Crippen molar-refractivity contribution in [3.05, 3.63) is 67.7 Å². The van der Waals surface area contributed by atoms with Crippen molar-refractivity contribution in [1.29, 1.82) is 0 Å². The Morgan fingerprint density at radius 1 is 1.17 bits per heavy atom. The van der Waals surface area contributed by atoms with Crippen LogP contribution in [0, 0.1) is 10.1 Å². The number of hydrogen-bond acceptors (Lipinski definition) is 5. The zero-order chi connectivity index (χ0) is 17.9. The Kier molecular flexibility index (Phi) is 5.38. The lowest BCUT2D eigenvalue weighted by Crippen LogP contribution is -2.03. The first-order valence-electron chi connectivity index (χ1n) is 6.57. The molecular formula is C15H11Cl2N3O4. The van der Waals surface area contributed by atoms with E-state index < -0.39 is 10.9 Å². The summed E-state index contributed by atoms with van der Waals surface area (Å²) in [6.45, 7) is 1.63. The molecule has 2 aromatic carbocycles. The predicted molar refractivity (Wildman–Crippen MR) is 92.4 cm³/mol. The van der Waals surface area contributed by atoms with Gasteiger partial charge in [0.15, 0.2) is 0 Å². The Morgan fingerprint density at radius 3 is 2.42 bits per heavy atom. The Labute approximate surface area is 146 Å². The van der Waals surface area contributed by atoms with E-state index in [1.807, 2.05) is 0 Å². The fourth-order valence-electron chi connectivity index (χ4n) is 1.83. The van der Waals surface area contributed by atoms with Gasteiger partial charge in [-0.15, -0.1) is 0 Å². The molecule has 9 heteroatoms. The van der Waals surface area contributed by atoms with Crippen molar-refractivity contribution in [2.24, 2.45) is 5.10 Å². The van der Waals surface area contributed by atoms with E-state index in [1.54, 1.807) is 13.0 Å². The second kappa shape index (κ2) is 7.29. The molecule has 7 nitrogen and oxygen atoms in total. The molecule has 0 fully saturated rings. The van der Waals surface area contributed by atoms with Crippen molar-refractivity contribution >= 4 is 46.3 Å². The van der Waals surface area contributed by atoms with Crippen LogP contribution in [-0.4, -0.2) is 21.7 Å². The van der Waals surface area contributed by atoms with Gasteiger partial charge in [-0.25, -0.2) is 4.79 Å². The van der Waals surface area contributed by atoms with Gasteiger partial charge in [0, 0.05) is 11.6 Å². The third kappa shape index (κ3) is 4.01. The van der Waals surface area contributed by atoms with Gasteiger partial charge in [0.25, 0.3) is 5.69 Å². The summed E-state index contributed by atoms with van der Waals surface area (Å²) in [6, 6.07) is 8.45. The number of hydrogen-bond donors (Lipinski definition) is 2. The maximum Gasteiger partial charge on any atom is 0.335 e. The number of nitrogens with one attached hydrogen (secondary N) is 1. The fraction of sp³-hybridized carbons (Fsp3) is 0.0667. The number of nitro groups is 1. The third-order valence-electron chi connectivity index (χ3n) is 3.12. The zero-order valence-corrected chi connectivity index (χ0v) is 13.8. The van der Waals surface area contributed by atoms with Crippen LogP contribution in [0.1, 0.15) is 22.8 Å². The van der Waals surface area contributed by atoms with Crippen LogP contribution in [0.4, 0.5) is 11.4 Å². The summed E-state index contributed by atoms with van der Waals surface area (Å²) >= 11 is 11.8. The second-order valence-electron chi connectivity index (χ2n) is 4.73. The highest BCUT2D eigenvalue weighted by Crippen LogP contribution is 2.26. The molecule has 0 aliphatic carbocycles. The molecule has 0 bridgehead atoms. The molecule has 0 saturated heterocycles. The van der Waals surface area contributed by atoms with Crippen LogP contribution in [0.5, 0.6) is 0 Å². The van der Waals surface area contributed by atoms with E-state index in [9.17, 15) is 14.9 Å². The number of nitrogens with zero attached hydrogens (tertiary/aromatic N) is 2. The van der Waals surface area contributed by atoms with Crippen molar-refractivity contribution in [2.45, 2.75) is 6.92 Å². The monoisotopic (exact) mass is 367 g/mol. The summed E-state index contributed by atoms with van der Waals surface area (Å²) in [5.74, 6) is -1.09. The van der Waals surface area contributed by atoms with Gasteiger partial charge >= 0.3 is 5.97 Å². The molecule has 0 aliphatic rings. The van der Waals surface area contributed by atoms with Gasteiger partial charge < -0.3 is 5.11 Å². The second-order valence-corrected chi connectivity index (χ2v) is 5.55. The van der Waals surface area contributed by atoms with Gasteiger partial charge in [-0.3, -0.25) is 15.5 Å². The van der Waals surface area contributed by atoms with Crippen LogP contribution in [0.15, 0.2) is 41.5 Å². The number of benzene rings is 2. The van der Waals surface area contributed by atoms with E-state index in [0.717, 1.165) is 0 Å². The highest BCUT2D eigenvalue weighted by Gasteiger charge is 2.14. The summed E-state index contributed by atoms with van der Waals surface area (Å²) in [7, 11) is 0. The maximum atomic E-state index is 11.0. The van der Waals surface area contributed by atoms with Crippen LogP contribution >= 0.6 is 23.2 Å². The number of aromatic carboxylic acids is 1. The quantitative estimate of drug-likeness (QED) is 0.461. The van der Waals surface area contributed by atoms with E-state index in [4.69, 9.17) is 28.3 Å². The van der Waals surface area contributed by atoms with Gasteiger partial charge in [-0.05, 0) is 31.2 Å². The van der Waals surface area contributed by atoms with Crippen molar-refractivity contribution in [2.75, 3.05) is 5.43 Å². The highest BCUT2D eigenvalue weighted by molar-refractivity contribution is 6.33. The fourth-order valence-corrected chi connectivity index (χ4v) is 2.18. The molecule has 2 aromatic rings. The Morgan fingerprint density at radius 2 is 1.79 bits per heavy atom. The van der Waals surface area contributed by atoms with E-state index in [2.05, 4.69) is 10.5 Å². The molecule has 0 saturated carbocycles. The lowest BCUT2D eigenvalue weighted by atomic mass is 10.1. The minimum absolute atomic E-state index is 0.0294. The molecule has 0 atom stereocenters. The number of carboxylic acid groups (broad SMARTS) is 1. The predicted octanol–water partition coefficient (Wildman–Crippen LogP) is 4.44. The van der Waals surface area contributed by atoms with Crippen molar-refractivity contribution in [1.82, 2.24) is 0 Å². The molecule has 0 unspecified atom stereocenters. The van der Waals surface area contributed by atoms with Gasteiger partial charge in [-0.2, -0.15) is 5.10 Å². The molecule has 0 aromatic heterocycles. The largest absolute Gasteiger partial charge is 0.478 e. The molecule has 0 heterocycles. The number of nitro benzene ring substituents is 1. The third-order valence-corrected chi connectivity index (χ3v) is 3.77. The average molecular weight is 368 g/mol. The van der Waals surface area contributed by atoms with Crippen molar-refractivity contribution < 1.29 is 14.8 Å². The normalized spacial score (nSPS) is 11.2. The van der Waals surface area contributed by atoms with Gasteiger partial charge in [0.1, 0.15) is 5.02 Å². The number of anilines is 1. The molecule has 2 N–H and O–H groups in total. The minimum Gasteiger partial charge on any atom is -0.478 e. The first-order chi connectivity index (χ1) is 11.3. The SMILES string of the molecule is C/C(=N\Nc1cc(C(=O)O)ccc1Cl)c1ccc(Cl)c([N+](=O)[O-])c1. The molecule has 0 aliphatic heterocycles. The summed E-state index contributed by atoms with van der Waals surface area (Å²) in [4.78, 5) is 21.3. The molecular weight excluding hydrogens is 357 g/mol. The summed E-state index contributed by atoms with van der Waals surface area (Å²) in [6.07, 6.45) is 0. The standard InChI is InChI=1S/C15H11Cl2N3O4/c1-8(9-2-5-12(17)14(7-9)20(23)24)18-19-13-6-10(15(21)22)3-4-11(13)16/h2-7,19H,1H3,(H,21,22)/b18-8+. The van der Waals surface area contributed by atoms with Gasteiger partial charge in [-0.1, -0.05) is 29.3 Å². The summed E-state index contributed by atoms with van der Waals surface area (Å²) in [5.41, 5.74) is 3.72. The maximum absolute atomic E-state index is 11.0. The Bertz CT molecular complexity index is 853. The summed E-state index contributed by atoms with van der Waals surface area (Å²) < 4.78 is 0. The van der Waals surface area contributed by atoms with E-state index in [-0.39, 0.29) is 16.3 Å². The lowest BCUT2D eigenvalue weighted by molar-refractivity contribution is -0.384. The van der Waals surface area contributed by atoms with E-state index >= 15 is 0 Å². The number of carboxylic acids is 1. The van der Waals surface area contributed by atoms with Crippen molar-refractivity contribution in [3.8, 4) is 0 Å². The van der Waals surface area contributed by atoms with Crippen LogP contribution in [0.2, 0.25) is 10.0 Å². The lowest BCUT2D eigenvalue weighted by Gasteiger charge is -2.07. The summed E-state index contributed by atoms with van der Waals surface area (Å²) in [5, 5.41) is 24.3.